The number of nitrogens with one attached hydrogen (secondary N) is 3. The van der Waals surface area contributed by atoms with Crippen molar-refractivity contribution in [2.45, 2.75) is 19.5 Å². The Bertz CT molecular complexity index is 1030. The van der Waals surface area contributed by atoms with E-state index in [1.165, 1.54) is 0 Å². The minimum absolute atomic E-state index is 0.215. The Morgan fingerprint density at radius 2 is 1.83 bits per heavy atom. The molecular formula is C22H26N6O. The van der Waals surface area contributed by atoms with Crippen LogP contribution in [0.25, 0.3) is 10.9 Å². The Balaban J connectivity index is 1.61. The quantitative estimate of drug-likeness (QED) is 0.570. The summed E-state index contributed by atoms with van der Waals surface area (Å²) in [7, 11) is 3.94. The van der Waals surface area contributed by atoms with Gasteiger partial charge in [0.15, 0.2) is 0 Å². The molecule has 3 aromatic rings. The van der Waals surface area contributed by atoms with Gasteiger partial charge in [0.25, 0.3) is 0 Å². The van der Waals surface area contributed by atoms with E-state index in [0.717, 1.165) is 39.7 Å². The second-order valence-corrected chi connectivity index (χ2v) is 7.13. The van der Waals surface area contributed by atoms with Gasteiger partial charge < -0.3 is 20.4 Å². The van der Waals surface area contributed by atoms with Gasteiger partial charge in [0.1, 0.15) is 17.4 Å². The minimum Gasteiger partial charge on any atom is -0.411 e. The molecule has 1 aromatic heterocycles. The molecule has 4 rings (SSSR count). The lowest BCUT2D eigenvalue weighted by atomic mass is 10.2. The first-order chi connectivity index (χ1) is 14.1. The van der Waals surface area contributed by atoms with Crippen LogP contribution in [0.2, 0.25) is 0 Å². The topological polar surface area (TPSA) is 74.3 Å². The molecule has 0 bridgehead atoms. The first-order valence-electron chi connectivity index (χ1n) is 9.74. The van der Waals surface area contributed by atoms with Crippen LogP contribution in [0.15, 0.2) is 60.4 Å². The van der Waals surface area contributed by atoms with E-state index in [1.54, 1.807) is 0 Å². The van der Waals surface area contributed by atoms with E-state index in [1.807, 2.05) is 56.6 Å². The molecule has 7 heteroatoms. The van der Waals surface area contributed by atoms with Crippen LogP contribution in [0.1, 0.15) is 12.7 Å². The number of likely N-dealkylation sites (N-methyl/N-ethyl adjacent to an activating group) is 1. The zero-order valence-electron chi connectivity index (χ0n) is 16.9. The summed E-state index contributed by atoms with van der Waals surface area (Å²) in [5.41, 5.74) is 5.94. The molecule has 1 atom stereocenters. The average Bonchev–Trinajstić information content (AvgIpc) is 3.16. The van der Waals surface area contributed by atoms with Crippen molar-refractivity contribution in [2.75, 3.05) is 36.2 Å². The largest absolute Gasteiger partial charge is 0.411 e. The maximum atomic E-state index is 5.54. The standard InChI is InChI=1S/C22H26N6O/c1-15-12-16(29-27-15)14-28(3)22-17-8-4-5-9-18(17)25-21(26-22)13-24-20-11-7-6-10-19(20)23-2/h4-12,15,23-24,27H,13-14H2,1-3H3. The van der Waals surface area contributed by atoms with E-state index < -0.39 is 0 Å². The fourth-order valence-electron chi connectivity index (χ4n) is 3.42. The molecule has 0 amide bonds. The molecule has 0 fully saturated rings. The third kappa shape index (κ3) is 4.25. The fraction of sp³-hybridized carbons (Fsp3) is 0.273. The van der Waals surface area contributed by atoms with Gasteiger partial charge in [0.05, 0.1) is 36.0 Å². The molecule has 7 nitrogen and oxygen atoms in total. The molecule has 2 aromatic carbocycles. The minimum atomic E-state index is 0.215. The Morgan fingerprint density at radius 3 is 2.59 bits per heavy atom. The summed E-state index contributed by atoms with van der Waals surface area (Å²) in [6.45, 7) is 3.22. The number of hydrogen-bond donors (Lipinski definition) is 3. The third-order valence-electron chi connectivity index (χ3n) is 4.83. The van der Waals surface area contributed by atoms with Crippen LogP contribution in [0.4, 0.5) is 17.2 Å². The summed E-state index contributed by atoms with van der Waals surface area (Å²) in [5.74, 6) is 2.52. The highest BCUT2D eigenvalue weighted by Crippen LogP contribution is 2.25. The molecule has 1 aliphatic rings. The number of benzene rings is 2. The SMILES string of the molecule is CNc1ccccc1NCc1nc(N(C)CC2=CC(C)NO2)c2ccccc2n1. The maximum Gasteiger partial charge on any atom is 0.150 e. The Morgan fingerprint density at radius 1 is 1.07 bits per heavy atom. The number of rotatable bonds is 7. The van der Waals surface area contributed by atoms with Gasteiger partial charge >= 0.3 is 0 Å². The summed E-state index contributed by atoms with van der Waals surface area (Å²) in [6, 6.07) is 16.4. The molecule has 0 aliphatic carbocycles. The van der Waals surface area contributed by atoms with Crippen LogP contribution in [-0.2, 0) is 11.4 Å². The normalized spacial score (nSPS) is 15.7. The molecule has 1 unspecified atom stereocenters. The Hall–Kier alpha value is -3.32. The predicted molar refractivity (Wildman–Crippen MR) is 118 cm³/mol. The van der Waals surface area contributed by atoms with E-state index in [-0.39, 0.29) is 6.04 Å². The first kappa shape index (κ1) is 19.0. The van der Waals surface area contributed by atoms with Crippen molar-refractivity contribution < 1.29 is 4.84 Å². The van der Waals surface area contributed by atoms with Gasteiger partial charge in [-0.1, -0.05) is 24.3 Å². The van der Waals surface area contributed by atoms with E-state index in [9.17, 15) is 0 Å². The zero-order valence-corrected chi connectivity index (χ0v) is 16.9. The van der Waals surface area contributed by atoms with E-state index >= 15 is 0 Å². The molecule has 29 heavy (non-hydrogen) atoms. The van der Waals surface area contributed by atoms with Crippen molar-refractivity contribution >= 4 is 28.1 Å². The summed E-state index contributed by atoms with van der Waals surface area (Å²) in [6.07, 6.45) is 2.08. The van der Waals surface area contributed by atoms with Crippen molar-refractivity contribution in [2.24, 2.45) is 0 Å². The number of hydroxylamine groups is 1. The van der Waals surface area contributed by atoms with Crippen LogP contribution >= 0.6 is 0 Å². The second kappa shape index (κ2) is 8.36. The third-order valence-corrected chi connectivity index (χ3v) is 4.83. The molecule has 0 radical (unpaired) electrons. The maximum absolute atomic E-state index is 5.54. The molecule has 3 N–H and O–H groups in total. The van der Waals surface area contributed by atoms with Crippen molar-refractivity contribution in [1.29, 1.82) is 0 Å². The van der Waals surface area contributed by atoms with Crippen LogP contribution in [0.5, 0.6) is 0 Å². The number of para-hydroxylation sites is 3. The van der Waals surface area contributed by atoms with Gasteiger partial charge in [-0.2, -0.15) is 5.48 Å². The zero-order chi connectivity index (χ0) is 20.2. The monoisotopic (exact) mass is 390 g/mol. The molecule has 0 spiro atoms. The van der Waals surface area contributed by atoms with Gasteiger partial charge in [-0.15, -0.1) is 0 Å². The van der Waals surface area contributed by atoms with Gasteiger partial charge in [-0.3, -0.25) is 0 Å². The van der Waals surface area contributed by atoms with Crippen molar-refractivity contribution in [1.82, 2.24) is 15.4 Å². The fourth-order valence-corrected chi connectivity index (χ4v) is 3.42. The smallest absolute Gasteiger partial charge is 0.150 e. The van der Waals surface area contributed by atoms with Crippen LogP contribution in [0.3, 0.4) is 0 Å². The van der Waals surface area contributed by atoms with Crippen LogP contribution in [-0.4, -0.2) is 36.6 Å². The van der Waals surface area contributed by atoms with Crippen LogP contribution in [0, 0.1) is 0 Å². The molecule has 150 valence electrons. The Kier molecular flexibility index (Phi) is 5.48. The highest BCUT2D eigenvalue weighted by atomic mass is 16.7. The van der Waals surface area contributed by atoms with Crippen LogP contribution < -0.4 is 21.0 Å². The van der Waals surface area contributed by atoms with E-state index in [2.05, 4.69) is 40.1 Å². The van der Waals surface area contributed by atoms with Gasteiger partial charge in [0.2, 0.25) is 0 Å². The molecule has 0 saturated carbocycles. The predicted octanol–water partition coefficient (Wildman–Crippen LogP) is 3.53. The lowest BCUT2D eigenvalue weighted by Gasteiger charge is -2.21. The highest BCUT2D eigenvalue weighted by Gasteiger charge is 2.17. The second-order valence-electron chi connectivity index (χ2n) is 7.13. The first-order valence-corrected chi connectivity index (χ1v) is 9.74. The van der Waals surface area contributed by atoms with E-state index in [0.29, 0.717) is 13.1 Å². The summed E-state index contributed by atoms with van der Waals surface area (Å²) >= 11 is 0. The van der Waals surface area contributed by atoms with Gasteiger partial charge in [-0.05, 0) is 37.3 Å². The molecule has 0 saturated heterocycles. The number of hydrogen-bond acceptors (Lipinski definition) is 7. The lowest BCUT2D eigenvalue weighted by molar-refractivity contribution is 0.118. The van der Waals surface area contributed by atoms with Crippen molar-refractivity contribution in [3.63, 3.8) is 0 Å². The number of anilines is 3. The molecule has 2 heterocycles. The summed E-state index contributed by atoms with van der Waals surface area (Å²) in [4.78, 5) is 17.3. The number of fused-ring (bicyclic) bond motifs is 1. The molecular weight excluding hydrogens is 364 g/mol. The number of aromatic nitrogens is 2. The Labute approximate surface area is 170 Å². The van der Waals surface area contributed by atoms with Gasteiger partial charge in [0, 0.05) is 19.5 Å². The molecule has 1 aliphatic heterocycles. The number of nitrogens with zero attached hydrogens (tertiary/aromatic N) is 3. The average molecular weight is 390 g/mol. The lowest BCUT2D eigenvalue weighted by Crippen LogP contribution is -2.24. The van der Waals surface area contributed by atoms with Gasteiger partial charge in [-0.25, -0.2) is 9.97 Å². The van der Waals surface area contributed by atoms with Crippen molar-refractivity contribution in [3.8, 4) is 0 Å². The summed E-state index contributed by atoms with van der Waals surface area (Å²) < 4.78 is 0. The summed E-state index contributed by atoms with van der Waals surface area (Å²) in [5, 5.41) is 7.66. The van der Waals surface area contributed by atoms with Crippen molar-refractivity contribution in [3.05, 3.63) is 66.2 Å². The highest BCUT2D eigenvalue weighted by molar-refractivity contribution is 5.89. The van der Waals surface area contributed by atoms with E-state index in [4.69, 9.17) is 14.8 Å².